The van der Waals surface area contributed by atoms with Crippen LogP contribution in [0, 0.1) is 0 Å². The van der Waals surface area contributed by atoms with E-state index in [4.69, 9.17) is 0 Å². The lowest BCUT2D eigenvalue weighted by Crippen LogP contribution is -2.42. The van der Waals surface area contributed by atoms with Crippen LogP contribution in [-0.2, 0) is 14.3 Å². The molecule has 2 saturated heterocycles. The number of hydrazine groups is 1. The number of amides is 3. The van der Waals surface area contributed by atoms with Crippen LogP contribution in [0.25, 0.3) is 0 Å². The van der Waals surface area contributed by atoms with Gasteiger partial charge in [-0.2, -0.15) is 11.8 Å². The molecule has 0 spiro atoms. The monoisotopic (exact) mass is 344 g/mol. The number of methoxy groups -OCH3 is 1. The average Bonchev–Trinajstić information content (AvgIpc) is 3.02. The van der Waals surface area contributed by atoms with Crippen molar-refractivity contribution in [1.82, 2.24) is 21.1 Å². The molecule has 0 unspecified atom stereocenters. The van der Waals surface area contributed by atoms with Gasteiger partial charge in [0.05, 0.1) is 19.2 Å². The zero-order valence-electron chi connectivity index (χ0n) is 13.5. The number of esters is 1. The molecule has 3 N–H and O–H groups in total. The van der Waals surface area contributed by atoms with Gasteiger partial charge >= 0.3 is 12.0 Å². The van der Waals surface area contributed by atoms with Crippen molar-refractivity contribution in [2.45, 2.75) is 43.0 Å². The summed E-state index contributed by atoms with van der Waals surface area (Å²) in [5.41, 5.74) is 2.64. The molecule has 9 heteroatoms. The fourth-order valence-corrected chi connectivity index (χ4v) is 4.38. The highest BCUT2D eigenvalue weighted by Crippen LogP contribution is 2.33. The van der Waals surface area contributed by atoms with Gasteiger partial charge in [-0.15, -0.1) is 0 Å². The number of thioether (sulfide) groups is 1. The molecule has 8 nitrogen and oxygen atoms in total. The third-order valence-electron chi connectivity index (χ3n) is 3.99. The second kappa shape index (κ2) is 8.39. The molecule has 0 saturated carbocycles. The van der Waals surface area contributed by atoms with E-state index in [9.17, 15) is 14.4 Å². The fourth-order valence-electron chi connectivity index (χ4n) is 2.84. The van der Waals surface area contributed by atoms with E-state index in [2.05, 4.69) is 20.8 Å². The Hall–Kier alpha value is -1.48. The van der Waals surface area contributed by atoms with Crippen molar-refractivity contribution in [3.8, 4) is 0 Å². The summed E-state index contributed by atoms with van der Waals surface area (Å²) < 4.78 is 4.53. The summed E-state index contributed by atoms with van der Waals surface area (Å²) in [6.07, 6.45) is 3.12. The Balaban J connectivity index is 1.57. The summed E-state index contributed by atoms with van der Waals surface area (Å²) in [6.45, 7) is 0.0245. The van der Waals surface area contributed by atoms with E-state index >= 15 is 0 Å². The molecule has 130 valence electrons. The first-order valence-corrected chi connectivity index (χ1v) is 8.80. The van der Waals surface area contributed by atoms with Crippen molar-refractivity contribution in [3.63, 3.8) is 0 Å². The lowest BCUT2D eigenvalue weighted by molar-refractivity contribution is -0.143. The molecular formula is C14H24N4O4S. The topological polar surface area (TPSA) is 99.8 Å². The highest BCUT2D eigenvalue weighted by atomic mass is 32.2. The van der Waals surface area contributed by atoms with Gasteiger partial charge in [0.25, 0.3) is 0 Å². The number of unbranched alkanes of at least 4 members (excludes halogenated alkanes) is 1. The number of fused-ring (bicyclic) bond motifs is 1. The first-order chi connectivity index (χ1) is 11.0. The molecule has 0 aromatic carbocycles. The summed E-state index contributed by atoms with van der Waals surface area (Å²) >= 11 is 1.88. The standard InChI is InChI=1S/C14H24N4O4S/c1-18(7-12(20)22-2)17-11(19)6-4-3-5-10-13-9(8-23-10)15-14(21)16-13/h9-10,13H,3-8H2,1-2H3,(H,17,19)(H2,15,16,21)/t9-,10-,13-/m0/s1. The smallest absolute Gasteiger partial charge is 0.321 e. The molecule has 0 aromatic rings. The molecule has 2 heterocycles. The van der Waals surface area contributed by atoms with Gasteiger partial charge in [0.2, 0.25) is 5.91 Å². The number of likely N-dealkylation sites (N-methyl/N-ethyl adjacent to an activating group) is 1. The number of nitrogens with zero attached hydrogens (tertiary/aromatic N) is 1. The number of hydrogen-bond acceptors (Lipinski definition) is 6. The predicted molar refractivity (Wildman–Crippen MR) is 86.7 cm³/mol. The summed E-state index contributed by atoms with van der Waals surface area (Å²) in [7, 11) is 2.94. The van der Waals surface area contributed by atoms with E-state index in [1.54, 1.807) is 7.05 Å². The number of rotatable bonds is 8. The quantitative estimate of drug-likeness (QED) is 0.245. The second-order valence-electron chi connectivity index (χ2n) is 5.83. The summed E-state index contributed by atoms with van der Waals surface area (Å²) in [6, 6.07) is 0.388. The molecule has 2 aliphatic rings. The molecule has 0 aromatic heterocycles. The highest BCUT2D eigenvalue weighted by molar-refractivity contribution is 8.00. The highest BCUT2D eigenvalue weighted by Gasteiger charge is 2.42. The summed E-state index contributed by atoms with van der Waals surface area (Å²) in [4.78, 5) is 34.1. The Morgan fingerprint density at radius 3 is 2.91 bits per heavy atom. The first-order valence-electron chi connectivity index (χ1n) is 7.75. The largest absolute Gasteiger partial charge is 0.468 e. The average molecular weight is 344 g/mol. The predicted octanol–water partition coefficient (Wildman–Crippen LogP) is -0.152. The van der Waals surface area contributed by atoms with Crippen LogP contribution in [0.15, 0.2) is 0 Å². The summed E-state index contributed by atoms with van der Waals surface area (Å²) in [5, 5.41) is 7.73. The number of nitrogens with one attached hydrogen (secondary N) is 3. The molecule has 3 amide bonds. The zero-order chi connectivity index (χ0) is 16.8. The van der Waals surface area contributed by atoms with E-state index in [1.165, 1.54) is 12.1 Å². The maximum Gasteiger partial charge on any atom is 0.321 e. The van der Waals surface area contributed by atoms with Gasteiger partial charge in [0, 0.05) is 24.5 Å². The molecular weight excluding hydrogens is 320 g/mol. The van der Waals surface area contributed by atoms with Gasteiger partial charge in [-0.1, -0.05) is 6.42 Å². The molecule has 2 rings (SSSR count). The van der Waals surface area contributed by atoms with E-state index in [0.717, 1.165) is 25.0 Å². The van der Waals surface area contributed by atoms with Crippen LogP contribution in [0.4, 0.5) is 4.79 Å². The van der Waals surface area contributed by atoms with Gasteiger partial charge in [-0.3, -0.25) is 15.0 Å². The van der Waals surface area contributed by atoms with Crippen molar-refractivity contribution in [2.75, 3.05) is 26.5 Å². The molecule has 0 radical (unpaired) electrons. The Morgan fingerprint density at radius 2 is 2.17 bits per heavy atom. The van der Waals surface area contributed by atoms with Crippen molar-refractivity contribution >= 4 is 29.7 Å². The number of ether oxygens (including phenoxy) is 1. The number of urea groups is 1. The van der Waals surface area contributed by atoms with Gasteiger partial charge in [0.1, 0.15) is 6.54 Å². The van der Waals surface area contributed by atoms with Crippen LogP contribution >= 0.6 is 11.8 Å². The maximum atomic E-state index is 11.8. The van der Waals surface area contributed by atoms with E-state index in [1.807, 2.05) is 11.8 Å². The Morgan fingerprint density at radius 1 is 1.39 bits per heavy atom. The van der Waals surface area contributed by atoms with Crippen LogP contribution in [0.5, 0.6) is 0 Å². The van der Waals surface area contributed by atoms with Crippen LogP contribution in [-0.4, -0.2) is 66.7 Å². The molecule has 2 fully saturated rings. The number of carbonyl (C=O) groups is 3. The van der Waals surface area contributed by atoms with E-state index < -0.39 is 5.97 Å². The van der Waals surface area contributed by atoms with Gasteiger partial charge in [-0.05, 0) is 12.8 Å². The minimum absolute atomic E-state index is 0.0245. The lowest BCUT2D eigenvalue weighted by atomic mass is 10.0. The van der Waals surface area contributed by atoms with Gasteiger partial charge < -0.3 is 15.4 Å². The Labute approximate surface area is 140 Å². The zero-order valence-corrected chi connectivity index (χ0v) is 14.3. The van der Waals surface area contributed by atoms with E-state index in [0.29, 0.717) is 11.7 Å². The Bertz CT molecular complexity index is 462. The van der Waals surface area contributed by atoms with Gasteiger partial charge in [0.15, 0.2) is 0 Å². The summed E-state index contributed by atoms with van der Waals surface area (Å²) in [5.74, 6) is 0.449. The van der Waals surface area contributed by atoms with Crippen molar-refractivity contribution in [3.05, 3.63) is 0 Å². The van der Waals surface area contributed by atoms with Gasteiger partial charge in [-0.25, -0.2) is 9.80 Å². The second-order valence-corrected chi connectivity index (χ2v) is 7.11. The van der Waals surface area contributed by atoms with Crippen molar-refractivity contribution in [2.24, 2.45) is 0 Å². The molecule has 0 bridgehead atoms. The third kappa shape index (κ3) is 5.28. The van der Waals surface area contributed by atoms with Crippen LogP contribution in [0.3, 0.4) is 0 Å². The van der Waals surface area contributed by atoms with Crippen molar-refractivity contribution < 1.29 is 19.1 Å². The first kappa shape index (κ1) is 17.9. The fraction of sp³-hybridized carbons (Fsp3) is 0.786. The normalized spacial score (nSPS) is 25.7. The third-order valence-corrected chi connectivity index (χ3v) is 5.50. The molecule has 0 aliphatic carbocycles. The Kier molecular flexibility index (Phi) is 6.52. The lowest BCUT2D eigenvalue weighted by Gasteiger charge is -2.17. The SMILES string of the molecule is COC(=O)CN(C)NC(=O)CCCC[C@@H]1SC[C@@H]2NC(=O)N[C@@H]21. The van der Waals surface area contributed by atoms with Crippen LogP contribution in [0.2, 0.25) is 0 Å². The number of hydrogen-bond donors (Lipinski definition) is 3. The van der Waals surface area contributed by atoms with Crippen LogP contribution in [0.1, 0.15) is 25.7 Å². The minimum Gasteiger partial charge on any atom is -0.468 e. The van der Waals surface area contributed by atoms with Crippen LogP contribution < -0.4 is 16.1 Å². The number of carbonyl (C=O) groups excluding carboxylic acids is 3. The van der Waals surface area contributed by atoms with E-state index in [-0.39, 0.29) is 30.6 Å². The molecule has 3 atom stereocenters. The molecule has 23 heavy (non-hydrogen) atoms. The minimum atomic E-state index is -0.396. The maximum absolute atomic E-state index is 11.8. The molecule has 2 aliphatic heterocycles. The van der Waals surface area contributed by atoms with Crippen molar-refractivity contribution in [1.29, 1.82) is 0 Å².